The van der Waals surface area contributed by atoms with Crippen LogP contribution in [0.2, 0.25) is 0 Å². The van der Waals surface area contributed by atoms with Gasteiger partial charge >= 0.3 is 0 Å². The Bertz CT molecular complexity index is 440. The summed E-state index contributed by atoms with van der Waals surface area (Å²) in [5, 5.41) is 0.686. The smallest absolute Gasteiger partial charge is 0.251 e. The molecular weight excluding hydrogens is 246 g/mol. The van der Waals surface area contributed by atoms with E-state index in [1.54, 1.807) is 11.8 Å². The van der Waals surface area contributed by atoms with Crippen molar-refractivity contribution in [2.75, 3.05) is 5.75 Å². The summed E-state index contributed by atoms with van der Waals surface area (Å²) in [6.07, 6.45) is 6.47. The summed E-state index contributed by atoms with van der Waals surface area (Å²) in [5.74, 6) is 1.47. The van der Waals surface area contributed by atoms with Crippen molar-refractivity contribution >= 4 is 11.8 Å². The third-order valence-corrected chi connectivity index (χ3v) is 4.53. The Morgan fingerprint density at radius 1 is 1.50 bits per heavy atom. The van der Waals surface area contributed by atoms with Gasteiger partial charge in [0.05, 0.1) is 0 Å². The molecule has 0 amide bonds. The maximum absolute atomic E-state index is 11.3. The largest absolute Gasteiger partial charge is 0.327 e. The van der Waals surface area contributed by atoms with Crippen LogP contribution in [0.5, 0.6) is 0 Å². The first-order valence-electron chi connectivity index (χ1n) is 6.61. The molecule has 1 unspecified atom stereocenters. The van der Waals surface area contributed by atoms with Gasteiger partial charge in [-0.2, -0.15) is 0 Å². The Morgan fingerprint density at radius 2 is 2.22 bits per heavy atom. The van der Waals surface area contributed by atoms with Gasteiger partial charge in [0.1, 0.15) is 0 Å². The van der Waals surface area contributed by atoms with Crippen molar-refractivity contribution in [3.05, 3.63) is 22.1 Å². The summed E-state index contributed by atoms with van der Waals surface area (Å²) >= 11 is 1.56. The highest BCUT2D eigenvalue weighted by atomic mass is 32.2. The molecule has 1 aromatic heterocycles. The van der Waals surface area contributed by atoms with Crippen molar-refractivity contribution in [3.8, 4) is 0 Å². The molecular formula is C13H21N3OS. The number of thioether (sulfide) groups is 1. The third kappa shape index (κ3) is 3.85. The number of H-pyrrole nitrogens is 1. The zero-order chi connectivity index (χ0) is 13.0. The second-order valence-electron chi connectivity index (χ2n) is 5.06. The molecule has 5 heteroatoms. The number of nitrogens with one attached hydrogen (secondary N) is 1. The quantitative estimate of drug-likeness (QED) is 0.647. The van der Waals surface area contributed by atoms with Crippen LogP contribution in [0.1, 0.15) is 37.8 Å². The number of rotatable bonds is 4. The molecule has 1 fully saturated rings. The average Bonchev–Trinajstić information content (AvgIpc) is 2.36. The SMILES string of the molecule is Cc1cc(=O)[nH]c(SCC(N)C2CCCCC2)n1. The summed E-state index contributed by atoms with van der Waals surface area (Å²) in [6, 6.07) is 1.71. The van der Waals surface area contributed by atoms with Crippen molar-refractivity contribution in [2.45, 2.75) is 50.2 Å². The first kappa shape index (κ1) is 13.6. The maximum Gasteiger partial charge on any atom is 0.251 e. The molecule has 0 spiro atoms. The number of nitrogens with two attached hydrogens (primary N) is 1. The average molecular weight is 267 g/mol. The summed E-state index contributed by atoms with van der Waals surface area (Å²) in [7, 11) is 0. The Labute approximate surface area is 112 Å². The lowest BCUT2D eigenvalue weighted by Gasteiger charge is -2.27. The topological polar surface area (TPSA) is 71.8 Å². The van der Waals surface area contributed by atoms with Crippen molar-refractivity contribution in [1.29, 1.82) is 0 Å². The maximum atomic E-state index is 11.3. The van der Waals surface area contributed by atoms with E-state index in [0.717, 1.165) is 11.4 Å². The van der Waals surface area contributed by atoms with Crippen LogP contribution in [0.15, 0.2) is 16.0 Å². The van der Waals surface area contributed by atoms with Crippen LogP contribution < -0.4 is 11.3 Å². The van der Waals surface area contributed by atoms with Gasteiger partial charge in [0.25, 0.3) is 5.56 Å². The fraction of sp³-hybridized carbons (Fsp3) is 0.692. The van der Waals surface area contributed by atoms with Crippen molar-refractivity contribution in [2.24, 2.45) is 11.7 Å². The third-order valence-electron chi connectivity index (χ3n) is 3.52. The van der Waals surface area contributed by atoms with Crippen LogP contribution >= 0.6 is 11.8 Å². The molecule has 1 aliphatic rings. The van der Waals surface area contributed by atoms with Gasteiger partial charge < -0.3 is 10.7 Å². The van der Waals surface area contributed by atoms with Crippen LogP contribution in [0.3, 0.4) is 0 Å². The van der Waals surface area contributed by atoms with E-state index in [4.69, 9.17) is 5.73 Å². The normalized spacial score (nSPS) is 18.8. The number of aromatic nitrogens is 2. The molecule has 0 bridgehead atoms. The van der Waals surface area contributed by atoms with E-state index in [0.29, 0.717) is 11.1 Å². The standard InChI is InChI=1S/C13H21N3OS/c1-9-7-12(17)16-13(15-9)18-8-11(14)10-5-3-2-4-6-10/h7,10-11H,2-6,8,14H2,1H3,(H,15,16,17). The Balaban J connectivity index is 1.88. The lowest BCUT2D eigenvalue weighted by Crippen LogP contribution is -2.33. The Hall–Kier alpha value is -0.810. The minimum absolute atomic E-state index is 0.0868. The number of hydrogen-bond donors (Lipinski definition) is 2. The first-order valence-corrected chi connectivity index (χ1v) is 7.60. The highest BCUT2D eigenvalue weighted by Gasteiger charge is 2.20. The number of aryl methyl sites for hydroxylation is 1. The second kappa shape index (κ2) is 6.38. The summed E-state index contributed by atoms with van der Waals surface area (Å²) < 4.78 is 0. The molecule has 1 heterocycles. The van der Waals surface area contributed by atoms with E-state index >= 15 is 0 Å². The van der Waals surface area contributed by atoms with Crippen molar-refractivity contribution in [1.82, 2.24) is 9.97 Å². The van der Waals surface area contributed by atoms with Gasteiger partial charge in [-0.05, 0) is 25.7 Å². The lowest BCUT2D eigenvalue weighted by molar-refractivity contribution is 0.319. The van der Waals surface area contributed by atoms with E-state index in [2.05, 4.69) is 9.97 Å². The fourth-order valence-corrected chi connectivity index (χ4v) is 3.50. The van der Waals surface area contributed by atoms with Gasteiger partial charge in [-0.25, -0.2) is 4.98 Å². The number of hydrogen-bond acceptors (Lipinski definition) is 4. The molecule has 0 saturated heterocycles. The molecule has 3 N–H and O–H groups in total. The number of aromatic amines is 1. The Morgan fingerprint density at radius 3 is 2.89 bits per heavy atom. The van der Waals surface area contributed by atoms with Gasteiger partial charge in [-0.3, -0.25) is 4.79 Å². The first-order chi connectivity index (χ1) is 8.65. The van der Waals surface area contributed by atoms with E-state index in [-0.39, 0.29) is 11.6 Å². The van der Waals surface area contributed by atoms with Crippen LogP contribution in [0.4, 0.5) is 0 Å². The predicted octanol–water partition coefficient (Wildman–Crippen LogP) is 2.08. The lowest BCUT2D eigenvalue weighted by atomic mass is 9.85. The van der Waals surface area contributed by atoms with E-state index in [1.165, 1.54) is 38.2 Å². The van der Waals surface area contributed by atoms with Crippen LogP contribution in [0, 0.1) is 12.8 Å². The highest BCUT2D eigenvalue weighted by Crippen LogP contribution is 2.27. The van der Waals surface area contributed by atoms with Crippen LogP contribution in [-0.4, -0.2) is 21.8 Å². The van der Waals surface area contributed by atoms with Gasteiger partial charge in [-0.1, -0.05) is 31.0 Å². The van der Waals surface area contributed by atoms with Crippen molar-refractivity contribution < 1.29 is 0 Å². The summed E-state index contributed by atoms with van der Waals surface area (Å²) in [6.45, 7) is 1.83. The molecule has 0 aromatic carbocycles. The van der Waals surface area contributed by atoms with Gasteiger partial charge in [-0.15, -0.1) is 0 Å². The zero-order valence-corrected chi connectivity index (χ0v) is 11.6. The summed E-state index contributed by atoms with van der Waals surface area (Å²) in [5.41, 5.74) is 6.90. The van der Waals surface area contributed by atoms with E-state index in [1.807, 2.05) is 6.92 Å². The second-order valence-corrected chi connectivity index (χ2v) is 6.07. The molecule has 0 radical (unpaired) electrons. The summed E-state index contributed by atoms with van der Waals surface area (Å²) in [4.78, 5) is 18.4. The fourth-order valence-electron chi connectivity index (χ4n) is 2.49. The van der Waals surface area contributed by atoms with Gasteiger partial charge in [0.2, 0.25) is 0 Å². The van der Waals surface area contributed by atoms with E-state index < -0.39 is 0 Å². The molecule has 1 saturated carbocycles. The van der Waals surface area contributed by atoms with Crippen LogP contribution in [-0.2, 0) is 0 Å². The predicted molar refractivity (Wildman–Crippen MR) is 74.9 cm³/mol. The zero-order valence-electron chi connectivity index (χ0n) is 10.8. The monoisotopic (exact) mass is 267 g/mol. The molecule has 4 nitrogen and oxygen atoms in total. The molecule has 2 rings (SSSR count). The molecule has 0 aliphatic heterocycles. The van der Waals surface area contributed by atoms with Gasteiger partial charge in [0.15, 0.2) is 5.16 Å². The molecule has 100 valence electrons. The molecule has 18 heavy (non-hydrogen) atoms. The molecule has 1 aliphatic carbocycles. The molecule has 1 atom stereocenters. The highest BCUT2D eigenvalue weighted by molar-refractivity contribution is 7.99. The van der Waals surface area contributed by atoms with Crippen LogP contribution in [0.25, 0.3) is 0 Å². The van der Waals surface area contributed by atoms with Gasteiger partial charge in [0, 0.05) is 23.6 Å². The minimum atomic E-state index is -0.0868. The Kier molecular flexibility index (Phi) is 4.83. The van der Waals surface area contributed by atoms with E-state index in [9.17, 15) is 4.79 Å². The number of nitrogens with zero attached hydrogens (tertiary/aromatic N) is 1. The molecule has 1 aromatic rings. The minimum Gasteiger partial charge on any atom is -0.327 e. The van der Waals surface area contributed by atoms with Crippen molar-refractivity contribution in [3.63, 3.8) is 0 Å².